The molecule has 1 aliphatic carbocycles. The monoisotopic (exact) mass is 483 g/mol. The van der Waals surface area contributed by atoms with Crippen molar-refractivity contribution >= 4 is 51.7 Å². The van der Waals surface area contributed by atoms with Crippen molar-refractivity contribution in [1.29, 1.82) is 0 Å². The molecular formula is C24H28Cl3NO3. The fourth-order valence-corrected chi connectivity index (χ4v) is 5.51. The number of ether oxygens (including phenoxy) is 2. The predicted molar refractivity (Wildman–Crippen MR) is 127 cm³/mol. The number of rotatable bonds is 3. The highest BCUT2D eigenvalue weighted by molar-refractivity contribution is 6.49. The Morgan fingerprint density at radius 1 is 1.03 bits per heavy atom. The van der Waals surface area contributed by atoms with Crippen molar-refractivity contribution in [3.8, 4) is 5.75 Å². The molecule has 0 unspecified atom stereocenters. The van der Waals surface area contributed by atoms with Gasteiger partial charge in [0.15, 0.2) is 5.75 Å². The van der Waals surface area contributed by atoms with Crippen LogP contribution in [0.3, 0.4) is 0 Å². The van der Waals surface area contributed by atoms with Gasteiger partial charge in [0, 0.05) is 10.8 Å². The van der Waals surface area contributed by atoms with Crippen LogP contribution in [0.4, 0.5) is 4.79 Å². The molecule has 1 saturated heterocycles. The summed E-state index contributed by atoms with van der Waals surface area (Å²) in [6, 6.07) is 5.72. The molecule has 31 heavy (non-hydrogen) atoms. The standard InChI is InChI=1S/C24H28Cl3NO3/c1-23(2,3)13-5-8-15(9-6-13)31-21-19(26)16-10-7-14(11-17(16)18(25)20(21)27)24(4)12-30-22(29)28-24/h7,10-11,13,15H,5-6,8-9,12H2,1-4H3,(H,28,29)/t13-,15-,24-/m0/s1. The zero-order valence-electron chi connectivity index (χ0n) is 18.3. The van der Waals surface area contributed by atoms with Crippen LogP contribution in [-0.2, 0) is 10.3 Å². The third kappa shape index (κ3) is 4.31. The summed E-state index contributed by atoms with van der Waals surface area (Å²) in [6.45, 7) is 9.05. The Kier molecular flexibility index (Phi) is 6.04. The number of carbonyl (C=O) groups is 1. The van der Waals surface area contributed by atoms with E-state index in [1.807, 2.05) is 25.1 Å². The lowest BCUT2D eigenvalue weighted by atomic mass is 9.72. The van der Waals surface area contributed by atoms with E-state index in [1.54, 1.807) is 0 Å². The summed E-state index contributed by atoms with van der Waals surface area (Å²) in [5.41, 5.74) is 0.549. The number of hydrogen-bond donors (Lipinski definition) is 1. The molecule has 4 rings (SSSR count). The summed E-state index contributed by atoms with van der Waals surface area (Å²) < 4.78 is 11.4. The molecule has 0 aromatic heterocycles. The largest absolute Gasteiger partial charge is 0.487 e. The minimum Gasteiger partial charge on any atom is -0.487 e. The fourth-order valence-electron chi connectivity index (χ4n) is 4.68. The van der Waals surface area contributed by atoms with Crippen molar-refractivity contribution < 1.29 is 14.3 Å². The Balaban J connectivity index is 1.63. The summed E-state index contributed by atoms with van der Waals surface area (Å²) >= 11 is 20.0. The number of cyclic esters (lactones) is 1. The van der Waals surface area contributed by atoms with Crippen molar-refractivity contribution in [2.45, 2.75) is 65.0 Å². The molecule has 2 aliphatic rings. The normalized spacial score (nSPS) is 26.6. The minimum atomic E-state index is -0.631. The van der Waals surface area contributed by atoms with E-state index in [0.29, 0.717) is 32.2 Å². The summed E-state index contributed by atoms with van der Waals surface area (Å²) in [6.07, 6.45) is 3.84. The smallest absolute Gasteiger partial charge is 0.408 e. The Labute approximate surface area is 198 Å². The molecule has 0 bridgehead atoms. The lowest BCUT2D eigenvalue weighted by Crippen LogP contribution is -2.37. The van der Waals surface area contributed by atoms with Gasteiger partial charge in [-0.25, -0.2) is 4.79 Å². The second kappa shape index (κ2) is 8.20. The number of nitrogens with one attached hydrogen (secondary N) is 1. The zero-order valence-corrected chi connectivity index (χ0v) is 20.5. The Morgan fingerprint density at radius 3 is 2.29 bits per heavy atom. The number of benzene rings is 2. The summed E-state index contributed by atoms with van der Waals surface area (Å²) in [7, 11) is 0. The lowest BCUT2D eigenvalue weighted by Gasteiger charge is -2.37. The molecule has 2 fully saturated rings. The molecule has 1 atom stereocenters. The zero-order chi connectivity index (χ0) is 22.6. The Hall–Kier alpha value is -1.36. The predicted octanol–water partition coefficient (Wildman–Crippen LogP) is 7.74. The molecule has 1 saturated carbocycles. The average molecular weight is 485 g/mol. The minimum absolute atomic E-state index is 0.0751. The lowest BCUT2D eigenvalue weighted by molar-refractivity contribution is 0.0884. The van der Waals surface area contributed by atoms with Crippen molar-refractivity contribution in [3.05, 3.63) is 38.8 Å². The average Bonchev–Trinajstić information content (AvgIpc) is 3.08. The van der Waals surface area contributed by atoms with Crippen LogP contribution in [0.1, 0.15) is 58.9 Å². The van der Waals surface area contributed by atoms with Crippen LogP contribution < -0.4 is 10.1 Å². The number of alkyl carbamates (subject to hydrolysis) is 1. The van der Waals surface area contributed by atoms with Crippen LogP contribution in [-0.4, -0.2) is 18.8 Å². The van der Waals surface area contributed by atoms with Gasteiger partial charge in [-0.1, -0.05) is 67.7 Å². The van der Waals surface area contributed by atoms with Gasteiger partial charge in [-0.3, -0.25) is 0 Å². The summed E-state index contributed by atoms with van der Waals surface area (Å²) in [4.78, 5) is 11.6. The van der Waals surface area contributed by atoms with Crippen LogP contribution in [0.5, 0.6) is 5.75 Å². The van der Waals surface area contributed by atoms with Gasteiger partial charge in [-0.2, -0.15) is 0 Å². The first kappa shape index (κ1) is 22.8. The van der Waals surface area contributed by atoms with E-state index < -0.39 is 11.6 Å². The van der Waals surface area contributed by atoms with Crippen molar-refractivity contribution in [1.82, 2.24) is 5.32 Å². The number of carbonyl (C=O) groups excluding carboxylic acids is 1. The molecule has 1 amide bonds. The molecule has 1 N–H and O–H groups in total. The van der Waals surface area contributed by atoms with Crippen LogP contribution in [0.2, 0.25) is 15.1 Å². The second-order valence-electron chi connectivity index (χ2n) is 10.0. The van der Waals surface area contributed by atoms with Gasteiger partial charge in [-0.05, 0) is 55.6 Å². The maximum Gasteiger partial charge on any atom is 0.408 e. The van der Waals surface area contributed by atoms with Gasteiger partial charge in [0.25, 0.3) is 0 Å². The van der Waals surface area contributed by atoms with E-state index in [9.17, 15) is 4.79 Å². The molecule has 0 radical (unpaired) electrons. The number of hydrogen-bond acceptors (Lipinski definition) is 3. The van der Waals surface area contributed by atoms with Crippen molar-refractivity contribution in [3.63, 3.8) is 0 Å². The molecular weight excluding hydrogens is 457 g/mol. The van der Waals surface area contributed by atoms with E-state index >= 15 is 0 Å². The summed E-state index contributed by atoms with van der Waals surface area (Å²) in [5, 5.41) is 5.52. The first-order valence-electron chi connectivity index (χ1n) is 10.7. The SMILES string of the molecule is CC(C)(C)[C@H]1CC[C@H](Oc2c(Cl)c(Cl)c3cc([C@]4(C)COC(=O)N4)ccc3c2Cl)CC1. The number of halogens is 3. The van der Waals surface area contributed by atoms with Gasteiger partial charge in [0.05, 0.1) is 21.7 Å². The van der Waals surface area contributed by atoms with Crippen LogP contribution >= 0.6 is 34.8 Å². The van der Waals surface area contributed by atoms with E-state index in [0.717, 1.165) is 42.0 Å². The highest BCUT2D eigenvalue weighted by atomic mass is 35.5. The molecule has 2 aromatic rings. The maximum atomic E-state index is 11.6. The van der Waals surface area contributed by atoms with Crippen LogP contribution in [0.25, 0.3) is 10.8 Å². The molecule has 168 valence electrons. The van der Waals surface area contributed by atoms with Crippen molar-refractivity contribution in [2.75, 3.05) is 6.61 Å². The number of fused-ring (bicyclic) bond motifs is 1. The van der Waals surface area contributed by atoms with Gasteiger partial charge in [-0.15, -0.1) is 0 Å². The molecule has 4 nitrogen and oxygen atoms in total. The van der Waals surface area contributed by atoms with Gasteiger partial charge in [0.2, 0.25) is 0 Å². The molecule has 0 spiro atoms. The number of amides is 1. The van der Waals surface area contributed by atoms with Gasteiger partial charge in [0.1, 0.15) is 11.6 Å². The molecule has 1 aliphatic heterocycles. The van der Waals surface area contributed by atoms with Gasteiger partial charge >= 0.3 is 6.09 Å². The first-order chi connectivity index (χ1) is 14.5. The summed E-state index contributed by atoms with van der Waals surface area (Å²) in [5.74, 6) is 1.15. The van der Waals surface area contributed by atoms with Crippen molar-refractivity contribution in [2.24, 2.45) is 11.3 Å². The van der Waals surface area contributed by atoms with Crippen LogP contribution in [0, 0.1) is 11.3 Å². The fraction of sp³-hybridized carbons (Fsp3) is 0.542. The highest BCUT2D eigenvalue weighted by Crippen LogP contribution is 2.48. The van der Waals surface area contributed by atoms with E-state index in [1.165, 1.54) is 0 Å². The highest BCUT2D eigenvalue weighted by Gasteiger charge is 2.37. The first-order valence-corrected chi connectivity index (χ1v) is 11.9. The van der Waals surface area contributed by atoms with Gasteiger partial charge < -0.3 is 14.8 Å². The quantitative estimate of drug-likeness (QED) is 0.453. The van der Waals surface area contributed by atoms with E-state index in [-0.39, 0.29) is 12.7 Å². The van der Waals surface area contributed by atoms with Crippen LogP contribution in [0.15, 0.2) is 18.2 Å². The Morgan fingerprint density at radius 2 is 1.71 bits per heavy atom. The van der Waals surface area contributed by atoms with E-state index in [4.69, 9.17) is 44.3 Å². The van der Waals surface area contributed by atoms with E-state index in [2.05, 4.69) is 26.1 Å². The molecule has 1 heterocycles. The molecule has 2 aromatic carbocycles. The molecule has 7 heteroatoms. The maximum absolute atomic E-state index is 11.6. The third-order valence-corrected chi connectivity index (χ3v) is 8.00. The topological polar surface area (TPSA) is 47.6 Å². The Bertz CT molecular complexity index is 1030. The third-order valence-electron chi connectivity index (χ3n) is 6.77. The second-order valence-corrected chi connectivity index (χ2v) is 11.2.